The lowest BCUT2D eigenvalue weighted by Crippen LogP contribution is -2.36. The van der Waals surface area contributed by atoms with Crippen LogP contribution in [-0.2, 0) is 11.3 Å². The van der Waals surface area contributed by atoms with Gasteiger partial charge in [-0.2, -0.15) is 4.98 Å². The Morgan fingerprint density at radius 2 is 2.27 bits per heavy atom. The quantitative estimate of drug-likeness (QED) is 0.756. The highest BCUT2D eigenvalue weighted by Crippen LogP contribution is 2.31. The summed E-state index contributed by atoms with van der Waals surface area (Å²) in [6.07, 6.45) is 2.27. The third-order valence-corrected chi connectivity index (χ3v) is 5.16. The van der Waals surface area contributed by atoms with Gasteiger partial charge in [0.1, 0.15) is 12.4 Å². The van der Waals surface area contributed by atoms with Crippen molar-refractivity contribution in [3.63, 3.8) is 0 Å². The number of nitrogens with one attached hydrogen (secondary N) is 1. The molecular weight excluding hydrogens is 330 g/mol. The van der Waals surface area contributed by atoms with E-state index in [0.29, 0.717) is 24.2 Å². The van der Waals surface area contributed by atoms with Crippen LogP contribution in [0.25, 0.3) is 11.0 Å². The maximum atomic E-state index is 5.43. The van der Waals surface area contributed by atoms with Crippen LogP contribution in [0.2, 0.25) is 0 Å². The molecular formula is C19H25N5O2. The van der Waals surface area contributed by atoms with E-state index in [1.807, 2.05) is 0 Å². The van der Waals surface area contributed by atoms with Gasteiger partial charge >= 0.3 is 0 Å². The number of hydrogen-bond acceptors (Lipinski definition) is 6. The van der Waals surface area contributed by atoms with Gasteiger partial charge < -0.3 is 14.2 Å². The van der Waals surface area contributed by atoms with Crippen LogP contribution < -0.4 is 0 Å². The number of nitrogens with zero attached hydrogens (tertiary/aromatic N) is 4. The van der Waals surface area contributed by atoms with Gasteiger partial charge in [0, 0.05) is 19.6 Å². The number of fused-ring (bicyclic) bond motifs is 1. The molecule has 3 aromatic rings. The van der Waals surface area contributed by atoms with Crippen LogP contribution >= 0.6 is 0 Å². The summed E-state index contributed by atoms with van der Waals surface area (Å²) >= 11 is 0. The molecule has 1 aromatic carbocycles. The number of imidazole rings is 1. The number of aromatic amines is 1. The second-order valence-electron chi connectivity index (χ2n) is 7.13. The number of methoxy groups -OCH3 is 1. The average molecular weight is 355 g/mol. The van der Waals surface area contributed by atoms with E-state index in [-0.39, 0.29) is 6.04 Å². The molecule has 1 fully saturated rings. The van der Waals surface area contributed by atoms with E-state index in [0.717, 1.165) is 42.8 Å². The molecule has 138 valence electrons. The zero-order valence-electron chi connectivity index (χ0n) is 15.5. The number of ether oxygens (including phenoxy) is 1. The van der Waals surface area contributed by atoms with Crippen molar-refractivity contribution in [1.82, 2.24) is 25.0 Å². The minimum atomic E-state index is 0.0857. The van der Waals surface area contributed by atoms with Crippen molar-refractivity contribution in [2.75, 3.05) is 20.2 Å². The molecule has 0 radical (unpaired) electrons. The lowest BCUT2D eigenvalue weighted by Gasteiger charge is -2.34. The number of hydrogen-bond donors (Lipinski definition) is 1. The van der Waals surface area contributed by atoms with E-state index in [1.54, 1.807) is 7.11 Å². The van der Waals surface area contributed by atoms with Crippen LogP contribution in [-0.4, -0.2) is 45.2 Å². The highest BCUT2D eigenvalue weighted by atomic mass is 16.5. The normalized spacial score (nSPS) is 19.9. The predicted octanol–water partition coefficient (Wildman–Crippen LogP) is 3.34. The summed E-state index contributed by atoms with van der Waals surface area (Å²) in [5.41, 5.74) is 3.40. The number of likely N-dealkylation sites (tertiary alicyclic amines) is 1. The molecule has 2 unspecified atom stereocenters. The van der Waals surface area contributed by atoms with E-state index in [4.69, 9.17) is 14.2 Å². The van der Waals surface area contributed by atoms with Crippen molar-refractivity contribution in [3.8, 4) is 0 Å². The van der Waals surface area contributed by atoms with E-state index in [2.05, 4.69) is 52.1 Å². The van der Waals surface area contributed by atoms with Crippen molar-refractivity contribution < 1.29 is 9.26 Å². The first-order chi connectivity index (χ1) is 12.6. The third kappa shape index (κ3) is 3.37. The average Bonchev–Trinajstić information content (AvgIpc) is 3.28. The zero-order chi connectivity index (χ0) is 18.1. The number of H-pyrrole nitrogens is 1. The van der Waals surface area contributed by atoms with E-state index in [9.17, 15) is 0 Å². The van der Waals surface area contributed by atoms with Crippen molar-refractivity contribution in [2.24, 2.45) is 0 Å². The standard InChI is InChI=1S/C19H25N5O2/c1-12-6-7-15-16(9-12)21-18(20-15)14-5-4-8-24(10-14)13(2)19-22-17(11-25-3)23-26-19/h6-7,9,13-14H,4-5,8,10-11H2,1-3H3,(H,20,21). The molecule has 7 nitrogen and oxygen atoms in total. The van der Waals surface area contributed by atoms with Gasteiger partial charge in [-0.25, -0.2) is 4.98 Å². The van der Waals surface area contributed by atoms with Crippen molar-refractivity contribution in [3.05, 3.63) is 41.3 Å². The first kappa shape index (κ1) is 17.2. The SMILES string of the molecule is COCc1noc(C(C)N2CCCC(c3nc4ccc(C)cc4[nH]3)C2)n1. The highest BCUT2D eigenvalue weighted by Gasteiger charge is 2.29. The molecule has 0 saturated carbocycles. The monoisotopic (exact) mass is 355 g/mol. The van der Waals surface area contributed by atoms with Crippen LogP contribution in [0.15, 0.2) is 22.7 Å². The predicted molar refractivity (Wildman–Crippen MR) is 97.8 cm³/mol. The second-order valence-corrected chi connectivity index (χ2v) is 7.13. The fourth-order valence-electron chi connectivity index (χ4n) is 3.70. The molecule has 26 heavy (non-hydrogen) atoms. The van der Waals surface area contributed by atoms with Gasteiger partial charge in [0.15, 0.2) is 5.82 Å². The molecule has 3 heterocycles. The van der Waals surface area contributed by atoms with Gasteiger partial charge in [0.25, 0.3) is 0 Å². The van der Waals surface area contributed by atoms with Gasteiger partial charge in [-0.3, -0.25) is 4.90 Å². The van der Waals surface area contributed by atoms with E-state index >= 15 is 0 Å². The third-order valence-electron chi connectivity index (χ3n) is 5.16. The molecule has 0 amide bonds. The van der Waals surface area contributed by atoms with Gasteiger partial charge in [-0.1, -0.05) is 11.2 Å². The number of aryl methyl sites for hydroxylation is 1. The van der Waals surface area contributed by atoms with Gasteiger partial charge in [-0.05, 0) is 50.9 Å². The topological polar surface area (TPSA) is 80.1 Å². The summed E-state index contributed by atoms with van der Waals surface area (Å²) in [5.74, 6) is 2.71. The molecule has 2 atom stereocenters. The molecule has 4 rings (SSSR count). The van der Waals surface area contributed by atoms with Crippen molar-refractivity contribution >= 4 is 11.0 Å². The summed E-state index contributed by atoms with van der Waals surface area (Å²) < 4.78 is 10.5. The van der Waals surface area contributed by atoms with Crippen LogP contribution in [0.5, 0.6) is 0 Å². The lowest BCUT2D eigenvalue weighted by molar-refractivity contribution is 0.131. The van der Waals surface area contributed by atoms with Crippen LogP contribution in [0.1, 0.15) is 54.8 Å². The molecule has 0 aliphatic carbocycles. The number of rotatable bonds is 5. The highest BCUT2D eigenvalue weighted by molar-refractivity contribution is 5.75. The molecule has 0 spiro atoms. The van der Waals surface area contributed by atoms with Crippen LogP contribution in [0.4, 0.5) is 0 Å². The van der Waals surface area contributed by atoms with Crippen LogP contribution in [0.3, 0.4) is 0 Å². The minimum Gasteiger partial charge on any atom is -0.377 e. The molecule has 2 aromatic heterocycles. The van der Waals surface area contributed by atoms with Gasteiger partial charge in [0.2, 0.25) is 5.89 Å². The Labute approximate surface area is 152 Å². The molecule has 1 aliphatic rings. The minimum absolute atomic E-state index is 0.0857. The fraction of sp³-hybridized carbons (Fsp3) is 0.526. The first-order valence-electron chi connectivity index (χ1n) is 9.16. The molecule has 7 heteroatoms. The summed E-state index contributed by atoms with van der Waals surface area (Å²) in [4.78, 5) is 15.2. The Morgan fingerprint density at radius 1 is 1.38 bits per heavy atom. The Morgan fingerprint density at radius 3 is 3.12 bits per heavy atom. The van der Waals surface area contributed by atoms with Crippen LogP contribution in [0, 0.1) is 6.92 Å². The Bertz CT molecular complexity index is 887. The number of aromatic nitrogens is 4. The number of piperidine rings is 1. The zero-order valence-corrected chi connectivity index (χ0v) is 15.5. The lowest BCUT2D eigenvalue weighted by atomic mass is 9.96. The summed E-state index contributed by atoms with van der Waals surface area (Å²) in [7, 11) is 1.63. The molecule has 0 bridgehead atoms. The van der Waals surface area contributed by atoms with Gasteiger partial charge in [-0.15, -0.1) is 0 Å². The molecule has 1 aliphatic heterocycles. The Balaban J connectivity index is 1.50. The maximum absolute atomic E-state index is 5.43. The molecule has 1 saturated heterocycles. The summed E-state index contributed by atoms with van der Waals surface area (Å²) in [5, 5.41) is 3.98. The fourth-order valence-corrected chi connectivity index (χ4v) is 3.70. The summed E-state index contributed by atoms with van der Waals surface area (Å²) in [6, 6.07) is 6.44. The largest absolute Gasteiger partial charge is 0.377 e. The second kappa shape index (κ2) is 7.17. The van der Waals surface area contributed by atoms with Gasteiger partial charge in [0.05, 0.1) is 17.1 Å². The Kier molecular flexibility index (Phi) is 4.74. The van der Waals surface area contributed by atoms with E-state index in [1.165, 1.54) is 5.56 Å². The number of benzene rings is 1. The Hall–Kier alpha value is -2.25. The van der Waals surface area contributed by atoms with E-state index < -0.39 is 0 Å². The van der Waals surface area contributed by atoms with Crippen molar-refractivity contribution in [1.29, 1.82) is 0 Å². The van der Waals surface area contributed by atoms with Crippen molar-refractivity contribution in [2.45, 2.75) is 45.3 Å². The first-order valence-corrected chi connectivity index (χ1v) is 9.16. The molecule has 1 N–H and O–H groups in total. The smallest absolute Gasteiger partial charge is 0.243 e. The summed E-state index contributed by atoms with van der Waals surface area (Å²) in [6.45, 7) is 6.55. The maximum Gasteiger partial charge on any atom is 0.243 e.